The van der Waals surface area contributed by atoms with E-state index in [0.717, 1.165) is 28.2 Å². The van der Waals surface area contributed by atoms with Gasteiger partial charge in [0, 0.05) is 10.6 Å². The quantitative estimate of drug-likeness (QED) is 0.440. The number of rotatable bonds is 5. The monoisotopic (exact) mass is 380 g/mol. The first-order chi connectivity index (χ1) is 13.1. The summed E-state index contributed by atoms with van der Waals surface area (Å²) in [6.45, 7) is 2.59. The zero-order valence-corrected chi connectivity index (χ0v) is 15.6. The highest BCUT2D eigenvalue weighted by Crippen LogP contribution is 2.25. The topological polar surface area (TPSA) is 27.1 Å². The van der Waals surface area contributed by atoms with E-state index < -0.39 is 0 Å². The first-order valence-corrected chi connectivity index (χ1v) is 9.06. The van der Waals surface area contributed by atoms with Crippen molar-refractivity contribution >= 4 is 22.6 Å². The number of aromatic nitrogens is 2. The van der Waals surface area contributed by atoms with Crippen molar-refractivity contribution in [1.82, 2.24) is 9.55 Å². The smallest absolute Gasteiger partial charge is 0.148 e. The highest BCUT2D eigenvalue weighted by Gasteiger charge is 2.15. The van der Waals surface area contributed by atoms with Crippen molar-refractivity contribution in [1.29, 1.82) is 0 Å². The van der Waals surface area contributed by atoms with E-state index in [-0.39, 0.29) is 12.4 Å². The summed E-state index contributed by atoms with van der Waals surface area (Å²) in [5.74, 6) is 1.17. The van der Waals surface area contributed by atoms with Gasteiger partial charge in [0.15, 0.2) is 0 Å². The van der Waals surface area contributed by atoms with Gasteiger partial charge in [-0.05, 0) is 48.9 Å². The Morgan fingerprint density at radius 1 is 1.04 bits per heavy atom. The van der Waals surface area contributed by atoms with E-state index in [2.05, 4.69) is 4.98 Å². The van der Waals surface area contributed by atoms with Gasteiger partial charge < -0.3 is 9.30 Å². The van der Waals surface area contributed by atoms with Gasteiger partial charge in [-0.3, -0.25) is 0 Å². The maximum Gasteiger partial charge on any atom is 0.148 e. The lowest BCUT2D eigenvalue weighted by Crippen LogP contribution is -2.10. The lowest BCUT2D eigenvalue weighted by molar-refractivity contribution is 0.291. The number of nitrogens with zero attached hydrogens (tertiary/aromatic N) is 2. The van der Waals surface area contributed by atoms with Crippen LogP contribution in [0.15, 0.2) is 66.7 Å². The molecule has 0 saturated carbocycles. The minimum absolute atomic E-state index is 0.282. The molecule has 27 heavy (non-hydrogen) atoms. The molecular weight excluding hydrogens is 363 g/mol. The maximum absolute atomic E-state index is 14.3. The van der Waals surface area contributed by atoms with Crippen LogP contribution in [-0.2, 0) is 13.2 Å². The molecule has 1 heterocycles. The molecular formula is C22H18ClFN2O. The number of fused-ring (bicyclic) bond motifs is 1. The van der Waals surface area contributed by atoms with Crippen LogP contribution >= 0.6 is 11.6 Å². The molecule has 0 atom stereocenters. The first-order valence-electron chi connectivity index (χ1n) is 8.68. The van der Waals surface area contributed by atoms with Crippen molar-refractivity contribution in [3.63, 3.8) is 0 Å². The van der Waals surface area contributed by atoms with Gasteiger partial charge in [-0.1, -0.05) is 41.9 Å². The van der Waals surface area contributed by atoms with E-state index in [0.29, 0.717) is 17.1 Å². The molecule has 5 heteroatoms. The summed E-state index contributed by atoms with van der Waals surface area (Å²) in [6, 6.07) is 20.3. The van der Waals surface area contributed by atoms with Crippen molar-refractivity contribution in [3.05, 3.63) is 94.5 Å². The molecule has 136 valence electrons. The van der Waals surface area contributed by atoms with Crippen molar-refractivity contribution < 1.29 is 9.13 Å². The average molecular weight is 381 g/mol. The third kappa shape index (κ3) is 3.67. The molecule has 0 spiro atoms. The Labute approximate surface area is 162 Å². The second-order valence-corrected chi connectivity index (χ2v) is 6.82. The second-order valence-electron chi connectivity index (χ2n) is 6.41. The van der Waals surface area contributed by atoms with Gasteiger partial charge in [0.1, 0.15) is 24.0 Å². The van der Waals surface area contributed by atoms with E-state index in [1.54, 1.807) is 12.1 Å². The van der Waals surface area contributed by atoms with Gasteiger partial charge >= 0.3 is 0 Å². The zero-order chi connectivity index (χ0) is 18.8. The van der Waals surface area contributed by atoms with E-state index in [4.69, 9.17) is 16.3 Å². The predicted octanol–water partition coefficient (Wildman–Crippen LogP) is 5.76. The number of hydrogen-bond acceptors (Lipinski definition) is 2. The summed E-state index contributed by atoms with van der Waals surface area (Å²) >= 11 is 6.24. The fourth-order valence-corrected chi connectivity index (χ4v) is 3.33. The van der Waals surface area contributed by atoms with Gasteiger partial charge in [0.25, 0.3) is 0 Å². The molecule has 0 bridgehead atoms. The molecule has 0 aliphatic rings. The van der Waals surface area contributed by atoms with Crippen LogP contribution in [0.1, 0.15) is 17.0 Å². The van der Waals surface area contributed by atoms with Crippen LogP contribution in [0.2, 0.25) is 5.02 Å². The van der Waals surface area contributed by atoms with Crippen LogP contribution < -0.4 is 4.74 Å². The van der Waals surface area contributed by atoms with Crippen LogP contribution in [0.25, 0.3) is 11.0 Å². The van der Waals surface area contributed by atoms with Crippen molar-refractivity contribution in [2.45, 2.75) is 20.1 Å². The Morgan fingerprint density at radius 2 is 1.85 bits per heavy atom. The van der Waals surface area contributed by atoms with Crippen LogP contribution in [0.4, 0.5) is 4.39 Å². The molecule has 0 N–H and O–H groups in total. The predicted molar refractivity (Wildman–Crippen MR) is 106 cm³/mol. The highest BCUT2D eigenvalue weighted by molar-refractivity contribution is 6.31. The van der Waals surface area contributed by atoms with Crippen LogP contribution in [-0.4, -0.2) is 9.55 Å². The Bertz CT molecular complexity index is 1090. The number of ether oxygens (including phenoxy) is 1. The number of imidazole rings is 1. The van der Waals surface area contributed by atoms with Crippen molar-refractivity contribution in [2.75, 3.05) is 0 Å². The minimum atomic E-state index is -0.328. The highest BCUT2D eigenvalue weighted by atomic mass is 35.5. The van der Waals surface area contributed by atoms with E-state index in [1.807, 2.05) is 60.0 Å². The molecule has 4 aromatic rings. The second kappa shape index (κ2) is 7.41. The summed E-state index contributed by atoms with van der Waals surface area (Å²) < 4.78 is 22.2. The molecule has 0 aliphatic heterocycles. The molecule has 0 saturated heterocycles. The lowest BCUT2D eigenvalue weighted by atomic mass is 10.2. The molecule has 3 aromatic carbocycles. The summed E-state index contributed by atoms with van der Waals surface area (Å²) in [5.41, 5.74) is 3.32. The lowest BCUT2D eigenvalue weighted by Gasteiger charge is -2.12. The number of hydrogen-bond donors (Lipinski definition) is 0. The van der Waals surface area contributed by atoms with Gasteiger partial charge in [-0.15, -0.1) is 0 Å². The van der Waals surface area contributed by atoms with Crippen LogP contribution in [0.5, 0.6) is 5.75 Å². The third-order valence-electron chi connectivity index (χ3n) is 4.47. The Morgan fingerprint density at radius 3 is 2.67 bits per heavy atom. The Hall–Kier alpha value is -2.85. The summed E-state index contributed by atoms with van der Waals surface area (Å²) in [7, 11) is 0. The van der Waals surface area contributed by atoms with E-state index >= 15 is 0 Å². The molecule has 4 rings (SSSR count). The number of para-hydroxylation sites is 2. The standard InChI is InChI=1S/C22H18ClFN2O/c1-15-6-4-7-16(12-15)27-14-22-25-20-10-2-3-11-21(20)26(22)13-17-18(23)8-5-9-19(17)24/h2-12H,13-14H2,1H3. The van der Waals surface area contributed by atoms with E-state index in [9.17, 15) is 4.39 Å². The fraction of sp³-hybridized carbons (Fsp3) is 0.136. The van der Waals surface area contributed by atoms with E-state index in [1.165, 1.54) is 6.07 Å². The van der Waals surface area contributed by atoms with Crippen molar-refractivity contribution in [2.24, 2.45) is 0 Å². The van der Waals surface area contributed by atoms with Gasteiger partial charge in [-0.25, -0.2) is 9.37 Å². The van der Waals surface area contributed by atoms with Crippen molar-refractivity contribution in [3.8, 4) is 5.75 Å². The van der Waals surface area contributed by atoms with Gasteiger partial charge in [0.2, 0.25) is 0 Å². The normalized spacial score (nSPS) is 11.1. The van der Waals surface area contributed by atoms with Crippen LogP contribution in [0.3, 0.4) is 0 Å². The molecule has 1 aromatic heterocycles. The molecule has 0 radical (unpaired) electrons. The number of halogens is 2. The van der Waals surface area contributed by atoms with Crippen LogP contribution in [0, 0.1) is 12.7 Å². The van der Waals surface area contributed by atoms with Gasteiger partial charge in [0.05, 0.1) is 17.6 Å². The molecule has 0 fully saturated rings. The largest absolute Gasteiger partial charge is 0.486 e. The Balaban J connectivity index is 1.71. The summed E-state index contributed by atoms with van der Waals surface area (Å²) in [4.78, 5) is 4.68. The molecule has 0 amide bonds. The minimum Gasteiger partial charge on any atom is -0.486 e. The third-order valence-corrected chi connectivity index (χ3v) is 4.82. The summed E-state index contributed by atoms with van der Waals surface area (Å²) in [6.07, 6.45) is 0. The molecule has 0 unspecified atom stereocenters. The fourth-order valence-electron chi connectivity index (χ4n) is 3.11. The maximum atomic E-state index is 14.3. The molecule has 3 nitrogen and oxygen atoms in total. The first kappa shape index (κ1) is 17.6. The SMILES string of the molecule is Cc1cccc(OCc2nc3ccccc3n2Cc2c(F)cccc2Cl)c1. The number of aryl methyl sites for hydroxylation is 1. The average Bonchev–Trinajstić information content (AvgIpc) is 3.01. The van der Waals surface area contributed by atoms with Gasteiger partial charge in [-0.2, -0.15) is 0 Å². The zero-order valence-electron chi connectivity index (χ0n) is 14.8. The Kier molecular flexibility index (Phi) is 4.82. The molecule has 0 aliphatic carbocycles. The number of benzene rings is 3. The summed E-state index contributed by atoms with van der Waals surface area (Å²) in [5, 5.41) is 0.401.